The van der Waals surface area contributed by atoms with Crippen LogP contribution in [0.4, 0.5) is 10.1 Å². The third kappa shape index (κ3) is 2.42. The predicted octanol–water partition coefficient (Wildman–Crippen LogP) is 2.09. The van der Waals surface area contributed by atoms with Crippen LogP contribution in [-0.4, -0.2) is 30.0 Å². The fourth-order valence-corrected chi connectivity index (χ4v) is 2.29. The summed E-state index contributed by atoms with van der Waals surface area (Å²) in [5, 5.41) is 12.8. The summed E-state index contributed by atoms with van der Waals surface area (Å²) in [7, 11) is 0. The first-order valence-corrected chi connectivity index (χ1v) is 5.83. The number of ether oxygens (including phenoxy) is 1. The van der Waals surface area contributed by atoms with Crippen molar-refractivity contribution in [3.63, 3.8) is 0 Å². The molecule has 1 aromatic rings. The van der Waals surface area contributed by atoms with Gasteiger partial charge in [-0.05, 0) is 44.0 Å². The van der Waals surface area contributed by atoms with Crippen molar-refractivity contribution >= 4 is 5.69 Å². The zero-order valence-electron chi connectivity index (χ0n) is 10.2. The van der Waals surface area contributed by atoms with Gasteiger partial charge in [-0.3, -0.25) is 0 Å². The summed E-state index contributed by atoms with van der Waals surface area (Å²) in [6.45, 7) is 4.35. The van der Waals surface area contributed by atoms with Crippen molar-refractivity contribution < 1.29 is 14.2 Å². The Morgan fingerprint density at radius 2 is 2.29 bits per heavy atom. The third-order valence-corrected chi connectivity index (χ3v) is 3.41. The molecular formula is C13H18FNO2. The normalized spacial score (nSPS) is 28.4. The average molecular weight is 239 g/mol. The molecule has 0 aromatic heterocycles. The van der Waals surface area contributed by atoms with Gasteiger partial charge in [0.15, 0.2) is 0 Å². The largest absolute Gasteiger partial charge is 0.394 e. The Morgan fingerprint density at radius 3 is 2.82 bits per heavy atom. The molecule has 2 unspecified atom stereocenters. The molecule has 1 saturated heterocycles. The summed E-state index contributed by atoms with van der Waals surface area (Å²) >= 11 is 0. The van der Waals surface area contributed by atoms with E-state index in [9.17, 15) is 9.50 Å². The smallest absolute Gasteiger partial charge is 0.125 e. The molecule has 3 nitrogen and oxygen atoms in total. The number of hydrogen-bond donors (Lipinski definition) is 2. The Kier molecular flexibility index (Phi) is 3.35. The van der Waals surface area contributed by atoms with Crippen LogP contribution in [0.5, 0.6) is 0 Å². The van der Waals surface area contributed by atoms with Crippen LogP contribution in [0.25, 0.3) is 0 Å². The zero-order valence-corrected chi connectivity index (χ0v) is 10.2. The number of aliphatic hydroxyl groups is 1. The molecule has 2 atom stereocenters. The van der Waals surface area contributed by atoms with Crippen molar-refractivity contribution in [1.29, 1.82) is 0 Å². The third-order valence-electron chi connectivity index (χ3n) is 3.41. The van der Waals surface area contributed by atoms with Gasteiger partial charge < -0.3 is 15.2 Å². The Balaban J connectivity index is 2.24. The molecule has 2 N–H and O–H groups in total. The fraction of sp³-hybridized carbons (Fsp3) is 0.538. The van der Waals surface area contributed by atoms with E-state index in [1.54, 1.807) is 0 Å². The molecule has 0 bridgehead atoms. The molecule has 1 heterocycles. The summed E-state index contributed by atoms with van der Waals surface area (Å²) < 4.78 is 18.8. The van der Waals surface area contributed by atoms with Crippen LogP contribution in [0.2, 0.25) is 0 Å². The number of aryl methyl sites for hydroxylation is 1. The van der Waals surface area contributed by atoms with E-state index in [-0.39, 0.29) is 18.5 Å². The lowest BCUT2D eigenvalue weighted by molar-refractivity contribution is 0.0792. The number of hydrogen-bond acceptors (Lipinski definition) is 3. The number of rotatable bonds is 3. The van der Waals surface area contributed by atoms with Crippen molar-refractivity contribution in [2.45, 2.75) is 31.9 Å². The van der Waals surface area contributed by atoms with Crippen LogP contribution >= 0.6 is 0 Å². The van der Waals surface area contributed by atoms with Gasteiger partial charge in [-0.2, -0.15) is 0 Å². The van der Waals surface area contributed by atoms with Gasteiger partial charge in [0.25, 0.3) is 0 Å². The average Bonchev–Trinajstić information content (AvgIpc) is 2.59. The predicted molar refractivity (Wildman–Crippen MR) is 64.6 cm³/mol. The standard InChI is InChI=1S/C13H18FNO2/c1-9-5-11(14)7-12(6-9)15-13(8-16)3-4-17-10(13)2/h5-7,10,15-16H,3-4,8H2,1-2H3. The maximum absolute atomic E-state index is 13.3. The number of nitrogens with one attached hydrogen (secondary N) is 1. The Labute approximate surface area is 101 Å². The minimum atomic E-state index is -0.500. The molecular weight excluding hydrogens is 221 g/mol. The second-order valence-corrected chi connectivity index (χ2v) is 4.72. The number of halogens is 1. The molecule has 94 valence electrons. The molecule has 0 radical (unpaired) electrons. The lowest BCUT2D eigenvalue weighted by Crippen LogP contribution is -2.48. The van der Waals surface area contributed by atoms with Crippen LogP contribution in [0.3, 0.4) is 0 Å². The highest BCUT2D eigenvalue weighted by atomic mass is 19.1. The van der Waals surface area contributed by atoms with E-state index >= 15 is 0 Å². The molecule has 4 heteroatoms. The van der Waals surface area contributed by atoms with Gasteiger partial charge in [0.05, 0.1) is 18.2 Å². The zero-order chi connectivity index (χ0) is 12.5. The van der Waals surface area contributed by atoms with Crippen LogP contribution in [0.1, 0.15) is 18.9 Å². The van der Waals surface area contributed by atoms with Crippen molar-refractivity contribution in [2.24, 2.45) is 0 Å². The van der Waals surface area contributed by atoms with Crippen molar-refractivity contribution in [3.05, 3.63) is 29.6 Å². The minimum Gasteiger partial charge on any atom is -0.394 e. The Morgan fingerprint density at radius 1 is 1.53 bits per heavy atom. The van der Waals surface area contributed by atoms with Gasteiger partial charge in [-0.25, -0.2) is 4.39 Å². The van der Waals surface area contributed by atoms with E-state index in [1.165, 1.54) is 12.1 Å². The lowest BCUT2D eigenvalue weighted by atomic mass is 9.92. The quantitative estimate of drug-likeness (QED) is 0.848. The molecule has 1 aromatic carbocycles. The molecule has 2 rings (SSSR count). The fourth-order valence-electron chi connectivity index (χ4n) is 2.29. The second-order valence-electron chi connectivity index (χ2n) is 4.72. The molecule has 1 aliphatic rings. The molecule has 1 aliphatic heterocycles. The first-order chi connectivity index (χ1) is 8.05. The van der Waals surface area contributed by atoms with Crippen LogP contribution < -0.4 is 5.32 Å². The SMILES string of the molecule is Cc1cc(F)cc(NC2(CO)CCOC2C)c1. The van der Waals surface area contributed by atoms with Gasteiger partial charge in [-0.15, -0.1) is 0 Å². The van der Waals surface area contributed by atoms with E-state index in [1.807, 2.05) is 19.9 Å². The van der Waals surface area contributed by atoms with E-state index in [0.717, 1.165) is 12.0 Å². The van der Waals surface area contributed by atoms with Crippen molar-refractivity contribution in [3.8, 4) is 0 Å². The van der Waals surface area contributed by atoms with E-state index in [2.05, 4.69) is 5.32 Å². The summed E-state index contributed by atoms with van der Waals surface area (Å²) in [4.78, 5) is 0. The maximum atomic E-state index is 13.3. The molecule has 1 fully saturated rings. The second kappa shape index (κ2) is 4.63. The highest BCUT2D eigenvalue weighted by molar-refractivity contribution is 5.49. The Hall–Kier alpha value is -1.13. The Bertz CT molecular complexity index is 390. The van der Waals surface area contributed by atoms with Gasteiger partial charge >= 0.3 is 0 Å². The van der Waals surface area contributed by atoms with Gasteiger partial charge in [-0.1, -0.05) is 0 Å². The summed E-state index contributed by atoms with van der Waals surface area (Å²) in [6.07, 6.45) is 0.635. The maximum Gasteiger partial charge on any atom is 0.125 e. The minimum absolute atomic E-state index is 0.0241. The lowest BCUT2D eigenvalue weighted by Gasteiger charge is -2.32. The van der Waals surface area contributed by atoms with Crippen LogP contribution in [0, 0.1) is 12.7 Å². The van der Waals surface area contributed by atoms with Gasteiger partial charge in [0.1, 0.15) is 5.82 Å². The number of anilines is 1. The summed E-state index contributed by atoms with van der Waals surface area (Å²) in [5.74, 6) is -0.271. The van der Waals surface area contributed by atoms with E-state index < -0.39 is 5.54 Å². The van der Waals surface area contributed by atoms with Gasteiger partial charge in [0, 0.05) is 12.3 Å². The molecule has 0 spiro atoms. The summed E-state index contributed by atoms with van der Waals surface area (Å²) in [6, 6.07) is 4.78. The molecule has 17 heavy (non-hydrogen) atoms. The highest BCUT2D eigenvalue weighted by Crippen LogP contribution is 2.30. The monoisotopic (exact) mass is 239 g/mol. The molecule has 0 amide bonds. The first-order valence-electron chi connectivity index (χ1n) is 5.83. The molecule has 0 saturated carbocycles. The van der Waals surface area contributed by atoms with Crippen LogP contribution in [-0.2, 0) is 4.74 Å². The number of benzene rings is 1. The highest BCUT2D eigenvalue weighted by Gasteiger charge is 2.41. The van der Waals surface area contributed by atoms with E-state index in [0.29, 0.717) is 12.3 Å². The van der Waals surface area contributed by atoms with Crippen LogP contribution in [0.15, 0.2) is 18.2 Å². The topological polar surface area (TPSA) is 41.5 Å². The number of aliphatic hydroxyl groups excluding tert-OH is 1. The first kappa shape index (κ1) is 12.3. The van der Waals surface area contributed by atoms with Gasteiger partial charge in [0.2, 0.25) is 0 Å². The molecule has 0 aliphatic carbocycles. The summed E-state index contributed by atoms with van der Waals surface area (Å²) in [5.41, 5.74) is 1.04. The van der Waals surface area contributed by atoms with Crippen molar-refractivity contribution in [2.75, 3.05) is 18.5 Å². The van der Waals surface area contributed by atoms with E-state index in [4.69, 9.17) is 4.74 Å². The van der Waals surface area contributed by atoms with Crippen molar-refractivity contribution in [1.82, 2.24) is 0 Å².